The van der Waals surface area contributed by atoms with Gasteiger partial charge in [-0.2, -0.15) is 0 Å². The van der Waals surface area contributed by atoms with Gasteiger partial charge in [-0.25, -0.2) is 0 Å². The molecule has 0 aliphatic carbocycles. The van der Waals surface area contributed by atoms with Gasteiger partial charge >= 0.3 is 0 Å². The van der Waals surface area contributed by atoms with Crippen LogP contribution in [-0.2, 0) is 0 Å². The summed E-state index contributed by atoms with van der Waals surface area (Å²) in [6.07, 6.45) is 0. The SMILES string of the molecule is c1ccc(-c2ccc3c(sc4ccccc43)c2N(c2ccccc2)c2cccc3oc4ccccc4c23)cc1. The van der Waals surface area contributed by atoms with Crippen molar-refractivity contribution in [3.63, 3.8) is 0 Å². The molecule has 0 bridgehead atoms. The highest BCUT2D eigenvalue weighted by atomic mass is 32.1. The Kier molecular flexibility index (Phi) is 5.04. The van der Waals surface area contributed by atoms with E-state index in [-0.39, 0.29) is 0 Å². The summed E-state index contributed by atoms with van der Waals surface area (Å²) in [5.74, 6) is 0. The van der Waals surface area contributed by atoms with Crippen molar-refractivity contribution in [2.75, 3.05) is 4.90 Å². The van der Waals surface area contributed by atoms with E-state index in [0.717, 1.165) is 33.3 Å². The van der Waals surface area contributed by atoms with E-state index in [0.29, 0.717) is 0 Å². The molecule has 8 aromatic rings. The van der Waals surface area contributed by atoms with E-state index in [1.165, 1.54) is 37.0 Å². The first kappa shape index (κ1) is 22.2. The van der Waals surface area contributed by atoms with Crippen LogP contribution in [0.4, 0.5) is 17.1 Å². The summed E-state index contributed by atoms with van der Waals surface area (Å²) in [6, 6.07) is 49.4. The topological polar surface area (TPSA) is 16.4 Å². The van der Waals surface area contributed by atoms with Crippen LogP contribution in [0.2, 0.25) is 0 Å². The van der Waals surface area contributed by atoms with Crippen molar-refractivity contribution in [1.82, 2.24) is 0 Å². The van der Waals surface area contributed by atoms with Gasteiger partial charge in [0.2, 0.25) is 0 Å². The molecule has 2 nitrogen and oxygen atoms in total. The lowest BCUT2D eigenvalue weighted by Crippen LogP contribution is -2.11. The molecule has 0 atom stereocenters. The van der Waals surface area contributed by atoms with E-state index in [1.807, 2.05) is 23.5 Å². The van der Waals surface area contributed by atoms with Gasteiger partial charge < -0.3 is 9.32 Å². The van der Waals surface area contributed by atoms with Crippen molar-refractivity contribution in [1.29, 1.82) is 0 Å². The van der Waals surface area contributed by atoms with E-state index in [1.54, 1.807) is 0 Å². The molecule has 0 saturated heterocycles. The number of rotatable bonds is 4. The van der Waals surface area contributed by atoms with Crippen LogP contribution in [0.1, 0.15) is 0 Å². The van der Waals surface area contributed by atoms with E-state index >= 15 is 0 Å². The van der Waals surface area contributed by atoms with E-state index in [2.05, 4.69) is 132 Å². The second-order valence-electron chi connectivity index (χ2n) is 9.72. The third-order valence-electron chi connectivity index (χ3n) is 7.46. The van der Waals surface area contributed by atoms with Gasteiger partial charge in [-0.15, -0.1) is 11.3 Å². The Balaban J connectivity index is 1.55. The average Bonchev–Trinajstić information content (AvgIpc) is 3.57. The molecule has 0 saturated carbocycles. The predicted octanol–water partition coefficient (Wildman–Crippen LogP) is 11.1. The predicted molar refractivity (Wildman–Crippen MR) is 167 cm³/mol. The molecule has 0 fully saturated rings. The van der Waals surface area contributed by atoms with Gasteiger partial charge in [-0.1, -0.05) is 103 Å². The highest BCUT2D eigenvalue weighted by Crippen LogP contribution is 2.51. The van der Waals surface area contributed by atoms with Gasteiger partial charge in [0, 0.05) is 32.1 Å². The molecule has 8 rings (SSSR count). The lowest BCUT2D eigenvalue weighted by atomic mass is 9.98. The zero-order valence-electron chi connectivity index (χ0n) is 21.0. The number of hydrogen-bond acceptors (Lipinski definition) is 3. The molecule has 0 radical (unpaired) electrons. The first-order chi connectivity index (χ1) is 19.4. The maximum absolute atomic E-state index is 6.34. The normalized spacial score (nSPS) is 11.6. The van der Waals surface area contributed by atoms with Crippen LogP contribution in [0.25, 0.3) is 53.2 Å². The summed E-state index contributed by atoms with van der Waals surface area (Å²) in [4.78, 5) is 2.43. The number of anilines is 3. The summed E-state index contributed by atoms with van der Waals surface area (Å²) in [5, 5.41) is 4.80. The Bertz CT molecular complexity index is 2120. The number of para-hydroxylation sites is 2. The molecular formula is C36H23NOS. The summed E-state index contributed by atoms with van der Waals surface area (Å²) in [7, 11) is 0. The Morgan fingerprint density at radius 3 is 2.05 bits per heavy atom. The first-order valence-electron chi connectivity index (χ1n) is 13.1. The van der Waals surface area contributed by atoms with Crippen molar-refractivity contribution < 1.29 is 4.42 Å². The molecule has 39 heavy (non-hydrogen) atoms. The standard InChI is InChI=1S/C36H23NOS/c1-3-12-24(13-4-1)26-22-23-28-27-16-8-10-21-33(27)39-36(28)35(26)37(25-14-5-2-6-15-25)30-18-11-20-32-34(30)29-17-7-9-19-31(29)38-32/h1-23H. The number of hydrogen-bond donors (Lipinski definition) is 0. The quantitative estimate of drug-likeness (QED) is 0.231. The smallest absolute Gasteiger partial charge is 0.137 e. The Morgan fingerprint density at radius 2 is 1.21 bits per heavy atom. The van der Waals surface area contributed by atoms with Crippen molar-refractivity contribution in [2.24, 2.45) is 0 Å². The monoisotopic (exact) mass is 517 g/mol. The van der Waals surface area contributed by atoms with Crippen molar-refractivity contribution in [3.05, 3.63) is 140 Å². The van der Waals surface area contributed by atoms with Crippen LogP contribution in [0.3, 0.4) is 0 Å². The Morgan fingerprint density at radius 1 is 0.513 bits per heavy atom. The maximum atomic E-state index is 6.34. The molecule has 2 heterocycles. The van der Waals surface area contributed by atoms with Crippen molar-refractivity contribution >= 4 is 70.5 Å². The van der Waals surface area contributed by atoms with Crippen LogP contribution in [-0.4, -0.2) is 0 Å². The molecule has 6 aromatic carbocycles. The molecule has 0 amide bonds. The summed E-state index contributed by atoms with van der Waals surface area (Å²) >= 11 is 1.86. The second-order valence-corrected chi connectivity index (χ2v) is 10.8. The van der Waals surface area contributed by atoms with Crippen molar-refractivity contribution in [3.8, 4) is 11.1 Å². The van der Waals surface area contributed by atoms with Gasteiger partial charge in [0.1, 0.15) is 11.2 Å². The van der Waals surface area contributed by atoms with Crippen LogP contribution >= 0.6 is 11.3 Å². The summed E-state index contributed by atoms with van der Waals surface area (Å²) in [6.45, 7) is 0. The number of furan rings is 1. The fraction of sp³-hybridized carbons (Fsp3) is 0. The Hall–Kier alpha value is -4.86. The highest BCUT2D eigenvalue weighted by molar-refractivity contribution is 7.26. The zero-order valence-corrected chi connectivity index (χ0v) is 21.9. The van der Waals surface area contributed by atoms with Crippen molar-refractivity contribution in [2.45, 2.75) is 0 Å². The minimum absolute atomic E-state index is 0.888. The van der Waals surface area contributed by atoms with E-state index in [4.69, 9.17) is 4.42 Å². The molecule has 0 spiro atoms. The molecular weight excluding hydrogens is 494 g/mol. The summed E-state index contributed by atoms with van der Waals surface area (Å²) < 4.78 is 8.90. The van der Waals surface area contributed by atoms with Crippen LogP contribution in [0, 0.1) is 0 Å². The number of benzene rings is 6. The van der Waals surface area contributed by atoms with Gasteiger partial charge in [-0.3, -0.25) is 0 Å². The molecule has 3 heteroatoms. The molecule has 2 aromatic heterocycles. The summed E-state index contributed by atoms with van der Waals surface area (Å²) in [5.41, 5.74) is 7.57. The third-order valence-corrected chi connectivity index (χ3v) is 8.66. The molecule has 0 unspecified atom stereocenters. The third kappa shape index (κ3) is 3.48. The molecule has 0 aliphatic rings. The highest BCUT2D eigenvalue weighted by Gasteiger charge is 2.25. The van der Waals surface area contributed by atoms with E-state index in [9.17, 15) is 0 Å². The van der Waals surface area contributed by atoms with Gasteiger partial charge in [-0.05, 0) is 42.0 Å². The lowest BCUT2D eigenvalue weighted by Gasteiger charge is -2.29. The van der Waals surface area contributed by atoms with Crippen LogP contribution in [0.15, 0.2) is 144 Å². The largest absolute Gasteiger partial charge is 0.456 e. The molecule has 184 valence electrons. The molecule has 0 N–H and O–H groups in total. The maximum Gasteiger partial charge on any atom is 0.137 e. The lowest BCUT2D eigenvalue weighted by molar-refractivity contribution is 0.669. The van der Waals surface area contributed by atoms with Crippen LogP contribution < -0.4 is 4.90 Å². The van der Waals surface area contributed by atoms with Crippen LogP contribution in [0.5, 0.6) is 0 Å². The number of fused-ring (bicyclic) bond motifs is 6. The minimum Gasteiger partial charge on any atom is -0.456 e. The molecule has 0 aliphatic heterocycles. The zero-order chi connectivity index (χ0) is 25.8. The Labute approximate surface area is 230 Å². The minimum atomic E-state index is 0.888. The van der Waals surface area contributed by atoms with Gasteiger partial charge in [0.25, 0.3) is 0 Å². The second kappa shape index (κ2) is 8.87. The first-order valence-corrected chi connectivity index (χ1v) is 13.9. The van der Waals surface area contributed by atoms with Gasteiger partial charge in [0.15, 0.2) is 0 Å². The number of nitrogens with zero attached hydrogens (tertiary/aromatic N) is 1. The fourth-order valence-electron chi connectivity index (χ4n) is 5.76. The number of thiophene rings is 1. The van der Waals surface area contributed by atoms with E-state index < -0.39 is 0 Å². The van der Waals surface area contributed by atoms with Gasteiger partial charge in [0.05, 0.1) is 21.5 Å². The average molecular weight is 518 g/mol. The fourth-order valence-corrected chi connectivity index (χ4v) is 7.00.